The molecule has 3 rings (SSSR count). The highest BCUT2D eigenvalue weighted by atomic mass is 19.2. The topological polar surface area (TPSA) is 48.3 Å². The highest BCUT2D eigenvalue weighted by Gasteiger charge is 2.38. The summed E-state index contributed by atoms with van der Waals surface area (Å²) in [6, 6.07) is 17.9. The second-order valence-electron chi connectivity index (χ2n) is 7.29. The van der Waals surface area contributed by atoms with Crippen molar-refractivity contribution in [2.24, 2.45) is 12.3 Å². The monoisotopic (exact) mass is 392 g/mol. The number of rotatable bonds is 6. The molecule has 1 N–H and O–H groups in total. The van der Waals surface area contributed by atoms with E-state index < -0.39 is 5.54 Å². The van der Waals surface area contributed by atoms with E-state index in [1.807, 2.05) is 55.7 Å². The maximum absolute atomic E-state index is 13.6. The molecule has 0 aliphatic carbocycles. The third kappa shape index (κ3) is 3.58. The standard InChI is InChI=1S/C23H27FN5/c1-5-23(2,20-14-10-9-13-19(20)21(26-24)28(4)17-25)29-16-15-27(3)22(29)18-11-7-6-8-12-18/h6-17,25H,5H2,1-4H3/q+1/b25-17?,26-21+/t23-/m1/s1. The molecule has 0 bridgehead atoms. The predicted octanol–water partition coefficient (Wildman–Crippen LogP) is 4.32. The Morgan fingerprint density at radius 1 is 1.21 bits per heavy atom. The van der Waals surface area contributed by atoms with Gasteiger partial charge in [-0.15, -0.1) is 0 Å². The number of aromatic nitrogens is 2. The van der Waals surface area contributed by atoms with Gasteiger partial charge in [0.15, 0.2) is 5.84 Å². The number of aryl methyl sites for hydroxylation is 1. The molecule has 0 aliphatic rings. The Kier molecular flexibility index (Phi) is 5.92. The van der Waals surface area contributed by atoms with Gasteiger partial charge in [0.2, 0.25) is 0 Å². The molecule has 1 heterocycles. The largest absolute Gasteiger partial charge is 0.318 e. The van der Waals surface area contributed by atoms with Crippen molar-refractivity contribution in [3.63, 3.8) is 0 Å². The van der Waals surface area contributed by atoms with E-state index in [0.29, 0.717) is 5.56 Å². The van der Waals surface area contributed by atoms with Crippen LogP contribution in [0.4, 0.5) is 4.48 Å². The summed E-state index contributed by atoms with van der Waals surface area (Å²) in [6.45, 7) is 4.27. The van der Waals surface area contributed by atoms with Crippen molar-refractivity contribution < 1.29 is 9.05 Å². The first-order valence-electron chi connectivity index (χ1n) is 9.63. The summed E-state index contributed by atoms with van der Waals surface area (Å²) in [5.74, 6) is 1.18. The first-order valence-corrected chi connectivity index (χ1v) is 9.63. The third-order valence-electron chi connectivity index (χ3n) is 5.61. The number of halogens is 1. The molecule has 0 radical (unpaired) electrons. The summed E-state index contributed by atoms with van der Waals surface area (Å²) >= 11 is 0. The molecule has 6 heteroatoms. The Morgan fingerprint density at radius 2 is 1.86 bits per heavy atom. The van der Waals surface area contributed by atoms with E-state index in [0.717, 1.165) is 29.7 Å². The van der Waals surface area contributed by atoms with E-state index in [2.05, 4.69) is 46.5 Å². The molecule has 1 atom stereocenters. The maximum atomic E-state index is 13.6. The molecular weight excluding hydrogens is 365 g/mol. The summed E-state index contributed by atoms with van der Waals surface area (Å²) in [5, 5.41) is 10.5. The fourth-order valence-corrected chi connectivity index (χ4v) is 3.80. The number of nitrogens with one attached hydrogen (secondary N) is 1. The van der Waals surface area contributed by atoms with Gasteiger partial charge in [-0.2, -0.15) is 0 Å². The van der Waals surface area contributed by atoms with Crippen molar-refractivity contribution >= 4 is 12.2 Å². The number of amidine groups is 1. The number of imidazole rings is 1. The summed E-state index contributed by atoms with van der Waals surface area (Å²) in [7, 11) is 3.65. The molecule has 0 fully saturated rings. The van der Waals surface area contributed by atoms with Crippen molar-refractivity contribution in [1.29, 1.82) is 5.41 Å². The van der Waals surface area contributed by atoms with Crippen LogP contribution in [-0.4, -0.2) is 28.7 Å². The molecule has 0 amide bonds. The summed E-state index contributed by atoms with van der Waals surface area (Å²) < 4.78 is 18.0. The molecule has 0 unspecified atom stereocenters. The van der Waals surface area contributed by atoms with Gasteiger partial charge in [0, 0.05) is 18.2 Å². The molecule has 0 saturated carbocycles. The highest BCUT2D eigenvalue weighted by molar-refractivity contribution is 6.04. The van der Waals surface area contributed by atoms with Crippen molar-refractivity contribution in [2.45, 2.75) is 25.8 Å². The second-order valence-corrected chi connectivity index (χ2v) is 7.29. The molecule has 0 aliphatic heterocycles. The fourth-order valence-electron chi connectivity index (χ4n) is 3.80. The lowest BCUT2D eigenvalue weighted by atomic mass is 9.84. The molecule has 0 saturated heterocycles. The van der Waals surface area contributed by atoms with Crippen molar-refractivity contribution in [1.82, 2.24) is 9.47 Å². The van der Waals surface area contributed by atoms with Crippen LogP contribution in [0.25, 0.3) is 11.4 Å². The zero-order valence-corrected chi connectivity index (χ0v) is 17.3. The lowest BCUT2D eigenvalue weighted by molar-refractivity contribution is -0.659. The highest BCUT2D eigenvalue weighted by Crippen LogP contribution is 2.35. The van der Waals surface area contributed by atoms with Gasteiger partial charge in [0.05, 0.1) is 18.9 Å². The molecule has 5 nitrogen and oxygen atoms in total. The Balaban J connectivity index is 2.26. The minimum atomic E-state index is -0.457. The zero-order valence-electron chi connectivity index (χ0n) is 17.3. The number of benzene rings is 2. The molecule has 3 aromatic rings. The normalized spacial score (nSPS) is 13.8. The van der Waals surface area contributed by atoms with E-state index in [9.17, 15) is 4.48 Å². The van der Waals surface area contributed by atoms with Gasteiger partial charge in [-0.1, -0.05) is 59.1 Å². The molecule has 29 heavy (non-hydrogen) atoms. The molecule has 1 aromatic heterocycles. The van der Waals surface area contributed by atoms with E-state index >= 15 is 0 Å². The Bertz CT molecular complexity index is 1020. The van der Waals surface area contributed by atoms with E-state index in [-0.39, 0.29) is 5.84 Å². The van der Waals surface area contributed by atoms with Crippen LogP contribution in [0, 0.1) is 5.41 Å². The average molecular weight is 393 g/mol. The molecule has 150 valence electrons. The third-order valence-corrected chi connectivity index (χ3v) is 5.61. The molecular formula is C23H27FN5+. The minimum absolute atomic E-state index is 0.119. The summed E-state index contributed by atoms with van der Waals surface area (Å²) in [4.78, 5) is 1.38. The summed E-state index contributed by atoms with van der Waals surface area (Å²) in [6.07, 6.45) is 5.94. The van der Waals surface area contributed by atoms with E-state index in [1.165, 1.54) is 4.90 Å². The number of hydrogen-bond acceptors (Lipinski definition) is 2. The Morgan fingerprint density at radius 3 is 2.48 bits per heavy atom. The van der Waals surface area contributed by atoms with E-state index in [4.69, 9.17) is 5.41 Å². The van der Waals surface area contributed by atoms with Gasteiger partial charge in [-0.3, -0.25) is 5.41 Å². The van der Waals surface area contributed by atoms with Crippen molar-refractivity contribution in [3.8, 4) is 11.4 Å². The Hall–Kier alpha value is -3.28. The van der Waals surface area contributed by atoms with Gasteiger partial charge in [0.1, 0.15) is 17.9 Å². The quantitative estimate of drug-likeness (QED) is 0.379. The van der Waals surface area contributed by atoms with Gasteiger partial charge in [-0.05, 0) is 25.5 Å². The van der Waals surface area contributed by atoms with E-state index in [1.54, 1.807) is 7.05 Å². The molecule has 2 aromatic carbocycles. The first-order chi connectivity index (χ1) is 14.0. The predicted molar refractivity (Wildman–Crippen MR) is 115 cm³/mol. The SMILES string of the molecule is CC[C@](C)(c1ccccc1/C(=N\F)N(C)C=N)n1cc[n+](C)c1-c1ccccc1. The van der Waals surface area contributed by atoms with Crippen molar-refractivity contribution in [2.75, 3.05) is 7.05 Å². The van der Waals surface area contributed by atoms with Gasteiger partial charge < -0.3 is 4.90 Å². The lowest BCUT2D eigenvalue weighted by Gasteiger charge is -2.30. The van der Waals surface area contributed by atoms with Gasteiger partial charge in [-0.25, -0.2) is 9.13 Å². The first kappa shape index (κ1) is 20.5. The second kappa shape index (κ2) is 8.39. The van der Waals surface area contributed by atoms with Gasteiger partial charge in [0.25, 0.3) is 5.82 Å². The number of hydrogen-bond donors (Lipinski definition) is 1. The van der Waals surface area contributed by atoms with Crippen LogP contribution in [0.5, 0.6) is 0 Å². The average Bonchev–Trinajstić information content (AvgIpc) is 3.16. The lowest BCUT2D eigenvalue weighted by Crippen LogP contribution is -2.38. The molecule has 0 spiro atoms. The van der Waals surface area contributed by atoms with Crippen LogP contribution < -0.4 is 4.57 Å². The minimum Gasteiger partial charge on any atom is -0.318 e. The van der Waals surface area contributed by atoms with Crippen LogP contribution >= 0.6 is 0 Å². The van der Waals surface area contributed by atoms with Crippen LogP contribution in [0.15, 0.2) is 72.2 Å². The summed E-state index contributed by atoms with van der Waals surface area (Å²) in [5.41, 5.74) is 2.26. The van der Waals surface area contributed by atoms with Crippen LogP contribution in [0.1, 0.15) is 31.4 Å². The van der Waals surface area contributed by atoms with Crippen LogP contribution in [-0.2, 0) is 12.6 Å². The Labute approximate surface area is 171 Å². The van der Waals surface area contributed by atoms with Gasteiger partial charge >= 0.3 is 0 Å². The van der Waals surface area contributed by atoms with Crippen LogP contribution in [0.3, 0.4) is 0 Å². The van der Waals surface area contributed by atoms with Crippen LogP contribution in [0.2, 0.25) is 0 Å². The maximum Gasteiger partial charge on any atom is 0.289 e. The van der Waals surface area contributed by atoms with Crippen molar-refractivity contribution in [3.05, 3.63) is 78.1 Å². The number of nitrogens with zero attached hydrogens (tertiary/aromatic N) is 4. The smallest absolute Gasteiger partial charge is 0.289 e. The fraction of sp³-hybridized carbons (Fsp3) is 0.261. The zero-order chi connectivity index (χ0) is 21.0.